The van der Waals surface area contributed by atoms with Gasteiger partial charge in [0.2, 0.25) is 0 Å². The second kappa shape index (κ2) is 5.77. The van der Waals surface area contributed by atoms with Crippen LogP contribution in [0, 0.1) is 0 Å². The number of hydrogen-bond acceptors (Lipinski definition) is 5. The SMILES string of the molecule is COC(=O)[C@@H]1CO[C@@H](OCc2ccccc2)O1. The van der Waals surface area contributed by atoms with E-state index < -0.39 is 18.5 Å². The summed E-state index contributed by atoms with van der Waals surface area (Å²) in [5.74, 6) is -0.448. The van der Waals surface area contributed by atoms with Crippen molar-refractivity contribution in [3.63, 3.8) is 0 Å². The summed E-state index contributed by atoms with van der Waals surface area (Å²) in [4.78, 5) is 11.2. The number of carbonyl (C=O) groups excluding carboxylic acids is 1. The molecule has 0 radical (unpaired) electrons. The molecule has 0 saturated carbocycles. The average molecular weight is 238 g/mol. The van der Waals surface area contributed by atoms with Gasteiger partial charge in [0, 0.05) is 0 Å². The molecule has 0 bridgehead atoms. The Labute approximate surface area is 99.2 Å². The molecule has 1 aromatic carbocycles. The Morgan fingerprint density at radius 2 is 2.18 bits per heavy atom. The number of methoxy groups -OCH3 is 1. The summed E-state index contributed by atoms with van der Waals surface area (Å²) in [6.45, 7) is -0.273. The second-order valence-corrected chi connectivity index (χ2v) is 3.57. The molecule has 0 aromatic heterocycles. The molecule has 1 heterocycles. The van der Waals surface area contributed by atoms with Crippen molar-refractivity contribution in [2.24, 2.45) is 0 Å². The van der Waals surface area contributed by atoms with Gasteiger partial charge in [-0.1, -0.05) is 30.3 Å². The van der Waals surface area contributed by atoms with E-state index in [-0.39, 0.29) is 6.61 Å². The summed E-state index contributed by atoms with van der Waals surface area (Å²) < 4.78 is 20.3. The summed E-state index contributed by atoms with van der Waals surface area (Å²) in [5, 5.41) is 0. The van der Waals surface area contributed by atoms with Gasteiger partial charge in [-0.15, -0.1) is 0 Å². The first-order chi connectivity index (χ1) is 8.29. The predicted octanol–water partition coefficient (Wildman–Crippen LogP) is 1.08. The predicted molar refractivity (Wildman–Crippen MR) is 57.9 cm³/mol. The van der Waals surface area contributed by atoms with E-state index in [2.05, 4.69) is 4.74 Å². The van der Waals surface area contributed by atoms with E-state index >= 15 is 0 Å². The van der Waals surface area contributed by atoms with Crippen LogP contribution in [0.2, 0.25) is 0 Å². The van der Waals surface area contributed by atoms with Gasteiger partial charge in [-0.25, -0.2) is 4.79 Å². The normalized spacial score (nSPS) is 23.6. The number of carbonyl (C=O) groups is 1. The third-order valence-electron chi connectivity index (χ3n) is 2.35. The summed E-state index contributed by atoms with van der Waals surface area (Å²) >= 11 is 0. The fourth-order valence-electron chi connectivity index (χ4n) is 1.46. The van der Waals surface area contributed by atoms with E-state index in [4.69, 9.17) is 14.2 Å². The van der Waals surface area contributed by atoms with E-state index in [9.17, 15) is 4.79 Å². The molecular formula is C12H14O5. The third-order valence-corrected chi connectivity index (χ3v) is 2.35. The zero-order chi connectivity index (χ0) is 12.1. The number of esters is 1. The average Bonchev–Trinajstić information content (AvgIpc) is 2.85. The van der Waals surface area contributed by atoms with Gasteiger partial charge in [-0.3, -0.25) is 0 Å². The second-order valence-electron chi connectivity index (χ2n) is 3.57. The van der Waals surface area contributed by atoms with Crippen LogP contribution in [0.3, 0.4) is 0 Å². The highest BCUT2D eigenvalue weighted by atomic mass is 16.9. The topological polar surface area (TPSA) is 54.0 Å². The van der Waals surface area contributed by atoms with Crippen molar-refractivity contribution in [3.05, 3.63) is 35.9 Å². The first kappa shape index (κ1) is 12.0. The van der Waals surface area contributed by atoms with Crippen molar-refractivity contribution in [2.45, 2.75) is 19.2 Å². The minimum Gasteiger partial charge on any atom is -0.467 e. The first-order valence-corrected chi connectivity index (χ1v) is 5.30. The Balaban J connectivity index is 1.77. The molecular weight excluding hydrogens is 224 g/mol. The van der Waals surface area contributed by atoms with Crippen LogP contribution in [0.5, 0.6) is 0 Å². The highest BCUT2D eigenvalue weighted by Gasteiger charge is 2.32. The van der Waals surface area contributed by atoms with Gasteiger partial charge in [0.25, 0.3) is 6.48 Å². The maximum atomic E-state index is 11.2. The molecule has 1 fully saturated rings. The highest BCUT2D eigenvalue weighted by molar-refractivity contribution is 5.74. The highest BCUT2D eigenvalue weighted by Crippen LogP contribution is 2.15. The molecule has 0 N–H and O–H groups in total. The molecule has 17 heavy (non-hydrogen) atoms. The van der Waals surface area contributed by atoms with Crippen molar-refractivity contribution >= 4 is 5.97 Å². The molecule has 0 amide bonds. The lowest BCUT2D eigenvalue weighted by atomic mass is 10.2. The van der Waals surface area contributed by atoms with Crippen LogP contribution < -0.4 is 0 Å². The number of benzene rings is 1. The Bertz CT molecular complexity index is 364. The molecule has 5 heteroatoms. The molecule has 1 aliphatic heterocycles. The van der Waals surface area contributed by atoms with Gasteiger partial charge in [-0.05, 0) is 5.56 Å². The first-order valence-electron chi connectivity index (χ1n) is 5.30. The lowest BCUT2D eigenvalue weighted by molar-refractivity contribution is -0.244. The van der Waals surface area contributed by atoms with E-state index in [1.165, 1.54) is 7.11 Å². The van der Waals surface area contributed by atoms with E-state index in [0.29, 0.717) is 6.61 Å². The van der Waals surface area contributed by atoms with E-state index in [1.807, 2.05) is 30.3 Å². The number of ether oxygens (including phenoxy) is 4. The lowest BCUT2D eigenvalue weighted by Gasteiger charge is -2.11. The van der Waals surface area contributed by atoms with Gasteiger partial charge in [0.1, 0.15) is 0 Å². The maximum Gasteiger partial charge on any atom is 0.337 e. The minimum absolute atomic E-state index is 0.159. The van der Waals surface area contributed by atoms with Crippen LogP contribution in [0.1, 0.15) is 5.56 Å². The van der Waals surface area contributed by atoms with E-state index in [1.54, 1.807) is 0 Å². The summed E-state index contributed by atoms with van der Waals surface area (Å²) in [6, 6.07) is 9.65. The van der Waals surface area contributed by atoms with Crippen LogP contribution in [-0.2, 0) is 30.3 Å². The molecule has 92 valence electrons. The van der Waals surface area contributed by atoms with Crippen LogP contribution in [-0.4, -0.2) is 32.3 Å². The molecule has 2 rings (SSSR count). The van der Waals surface area contributed by atoms with Crippen molar-refractivity contribution in [2.75, 3.05) is 13.7 Å². The van der Waals surface area contributed by atoms with Gasteiger partial charge >= 0.3 is 5.97 Å². The molecule has 2 atom stereocenters. The van der Waals surface area contributed by atoms with Crippen LogP contribution in [0.15, 0.2) is 30.3 Å². The zero-order valence-electron chi connectivity index (χ0n) is 9.50. The van der Waals surface area contributed by atoms with Crippen LogP contribution in [0.4, 0.5) is 0 Å². The Morgan fingerprint density at radius 1 is 1.41 bits per heavy atom. The van der Waals surface area contributed by atoms with Gasteiger partial charge in [0.05, 0.1) is 20.3 Å². The van der Waals surface area contributed by atoms with Gasteiger partial charge in [0.15, 0.2) is 6.10 Å². The van der Waals surface area contributed by atoms with Crippen molar-refractivity contribution in [1.29, 1.82) is 0 Å². The molecule has 1 saturated heterocycles. The van der Waals surface area contributed by atoms with Gasteiger partial charge < -0.3 is 18.9 Å². The van der Waals surface area contributed by atoms with Crippen molar-refractivity contribution in [1.82, 2.24) is 0 Å². The molecule has 1 aromatic rings. The molecule has 0 aliphatic carbocycles. The van der Waals surface area contributed by atoms with Crippen molar-refractivity contribution < 1.29 is 23.7 Å². The van der Waals surface area contributed by atoms with Crippen molar-refractivity contribution in [3.8, 4) is 0 Å². The zero-order valence-corrected chi connectivity index (χ0v) is 9.50. The quantitative estimate of drug-likeness (QED) is 0.734. The number of hydrogen-bond donors (Lipinski definition) is 0. The fourth-order valence-corrected chi connectivity index (χ4v) is 1.46. The molecule has 1 aliphatic rings. The Hall–Kier alpha value is -1.43. The Kier molecular flexibility index (Phi) is 4.08. The third kappa shape index (κ3) is 3.26. The summed E-state index contributed by atoms with van der Waals surface area (Å²) in [5.41, 5.74) is 1.02. The minimum atomic E-state index is -0.806. The van der Waals surface area contributed by atoms with E-state index in [0.717, 1.165) is 5.56 Å². The standard InChI is InChI=1S/C12H14O5/c1-14-11(13)10-8-16-12(17-10)15-7-9-5-3-2-4-6-9/h2-6,10,12H,7-8H2,1H3/t10-,12+/m0/s1. The number of rotatable bonds is 4. The molecule has 0 spiro atoms. The maximum absolute atomic E-state index is 11.2. The van der Waals surface area contributed by atoms with Crippen LogP contribution >= 0.6 is 0 Å². The van der Waals surface area contributed by atoms with Gasteiger partial charge in [-0.2, -0.15) is 0 Å². The summed E-state index contributed by atoms with van der Waals surface area (Å²) in [7, 11) is 1.31. The monoisotopic (exact) mass is 238 g/mol. The fraction of sp³-hybridized carbons (Fsp3) is 0.417. The molecule has 0 unspecified atom stereocenters. The summed E-state index contributed by atoms with van der Waals surface area (Å²) in [6.07, 6.45) is -0.694. The Morgan fingerprint density at radius 3 is 2.88 bits per heavy atom. The lowest BCUT2D eigenvalue weighted by Crippen LogP contribution is -2.25. The van der Waals surface area contributed by atoms with Crippen LogP contribution in [0.25, 0.3) is 0 Å². The smallest absolute Gasteiger partial charge is 0.337 e. The molecule has 5 nitrogen and oxygen atoms in total. The largest absolute Gasteiger partial charge is 0.467 e.